The minimum atomic E-state index is -0.124. The number of hydrogen-bond donors (Lipinski definition) is 0. The summed E-state index contributed by atoms with van der Waals surface area (Å²) in [5, 5.41) is 0.834. The van der Waals surface area contributed by atoms with Crippen LogP contribution in [0.3, 0.4) is 0 Å². The molecular weight excluding hydrogens is 442 g/mol. The predicted octanol–water partition coefficient (Wildman–Crippen LogP) is 5.18. The van der Waals surface area contributed by atoms with Crippen LogP contribution in [0.25, 0.3) is 0 Å². The Balaban J connectivity index is 2.29. The molecule has 3 rings (SSSR count). The number of rotatable bonds is 3. The zero-order valence-corrected chi connectivity index (χ0v) is 15.8. The molecule has 0 fully saturated rings. The molecule has 101 valence electrons. The van der Waals surface area contributed by atoms with Gasteiger partial charge in [0.1, 0.15) is 0 Å². The molecule has 0 nitrogen and oxygen atoms in total. The topological polar surface area (TPSA) is 0 Å². The van der Waals surface area contributed by atoms with Crippen LogP contribution in [0, 0.1) is 0 Å². The Morgan fingerprint density at radius 1 is 0.619 bits per heavy atom. The van der Waals surface area contributed by atoms with Gasteiger partial charge >= 0.3 is 146 Å². The Morgan fingerprint density at radius 3 is 1.52 bits per heavy atom. The maximum atomic E-state index is 6.53. The molecule has 0 unspecified atom stereocenters. The molecule has 0 aliphatic rings. The summed E-state index contributed by atoms with van der Waals surface area (Å²) < 4.78 is -0.124. The average molecular weight is 456 g/mol. The van der Waals surface area contributed by atoms with Gasteiger partial charge < -0.3 is 0 Å². The van der Waals surface area contributed by atoms with Gasteiger partial charge in [0.05, 0.1) is 0 Å². The standard InChI is InChI=1S/C19H14Cl.Hf/c20-18-14-8-7-13-17(18)19(15-9-3-1-4-10-15)16-11-5-2-6-12-16;/h1-14H;. The van der Waals surface area contributed by atoms with Crippen LogP contribution in [0.4, 0.5) is 0 Å². The molecule has 0 bridgehead atoms. The van der Waals surface area contributed by atoms with Gasteiger partial charge in [0.15, 0.2) is 0 Å². The summed E-state index contributed by atoms with van der Waals surface area (Å²) in [5.74, 6) is 0. The second-order valence-electron chi connectivity index (χ2n) is 4.96. The summed E-state index contributed by atoms with van der Waals surface area (Å²) in [7, 11) is 0. The molecule has 2 heteroatoms. The molecular formula is C19H14ClHf. The molecule has 3 aromatic carbocycles. The molecule has 0 saturated carbocycles. The first-order chi connectivity index (χ1) is 10.2. The zero-order chi connectivity index (χ0) is 14.7. The van der Waals surface area contributed by atoms with Gasteiger partial charge in [0, 0.05) is 0 Å². The predicted molar refractivity (Wildman–Crippen MR) is 84.2 cm³/mol. The number of benzene rings is 3. The summed E-state index contributed by atoms with van der Waals surface area (Å²) in [6.45, 7) is 0. The van der Waals surface area contributed by atoms with Crippen molar-refractivity contribution >= 4 is 11.6 Å². The molecule has 0 atom stereocenters. The Hall–Kier alpha value is -1.18. The van der Waals surface area contributed by atoms with Crippen LogP contribution in [0.5, 0.6) is 0 Å². The second kappa shape index (κ2) is 6.29. The molecule has 0 radical (unpaired) electrons. The van der Waals surface area contributed by atoms with Crippen molar-refractivity contribution in [3.8, 4) is 0 Å². The third kappa shape index (κ3) is 2.77. The second-order valence-corrected chi connectivity index (χ2v) is 8.06. The molecule has 0 heterocycles. The fraction of sp³-hybridized carbons (Fsp3) is 0.0526. The molecule has 0 saturated heterocycles. The van der Waals surface area contributed by atoms with Crippen molar-refractivity contribution < 1.29 is 24.4 Å². The first-order valence-electron chi connectivity index (χ1n) is 6.84. The van der Waals surface area contributed by atoms with Crippen LogP contribution in [-0.4, -0.2) is 0 Å². The first kappa shape index (κ1) is 14.7. The van der Waals surface area contributed by atoms with Crippen molar-refractivity contribution in [1.29, 1.82) is 0 Å². The van der Waals surface area contributed by atoms with Crippen molar-refractivity contribution in [2.75, 3.05) is 0 Å². The van der Waals surface area contributed by atoms with Crippen molar-refractivity contribution in [3.63, 3.8) is 0 Å². The van der Waals surface area contributed by atoms with E-state index < -0.39 is 0 Å². The summed E-state index contributed by atoms with van der Waals surface area (Å²) in [6, 6.07) is 29.5. The minimum absolute atomic E-state index is 0.124. The Kier molecular flexibility index (Phi) is 4.42. The molecule has 0 N–H and O–H groups in total. The normalized spacial score (nSPS) is 11.2. The summed E-state index contributed by atoms with van der Waals surface area (Å²) in [5.41, 5.74) is 3.79. The van der Waals surface area contributed by atoms with E-state index in [9.17, 15) is 0 Å². The molecule has 0 spiro atoms. The number of halogens is 1. The van der Waals surface area contributed by atoms with Crippen molar-refractivity contribution in [1.82, 2.24) is 0 Å². The van der Waals surface area contributed by atoms with E-state index in [2.05, 4.69) is 72.8 Å². The van der Waals surface area contributed by atoms with E-state index in [1.54, 1.807) is 0 Å². The SMILES string of the molecule is Clc1ccccc1[C]([Hf])(c1ccccc1)c1ccccc1. The van der Waals surface area contributed by atoms with Crippen LogP contribution in [0.2, 0.25) is 5.02 Å². The van der Waals surface area contributed by atoms with E-state index in [4.69, 9.17) is 11.6 Å². The van der Waals surface area contributed by atoms with E-state index in [1.165, 1.54) is 16.7 Å². The van der Waals surface area contributed by atoms with Crippen LogP contribution in [0.15, 0.2) is 84.9 Å². The van der Waals surface area contributed by atoms with Crippen molar-refractivity contribution in [2.24, 2.45) is 0 Å². The van der Waals surface area contributed by atoms with E-state index >= 15 is 0 Å². The van der Waals surface area contributed by atoms with E-state index in [0.29, 0.717) is 0 Å². The average Bonchev–Trinajstić information content (AvgIpc) is 2.56. The van der Waals surface area contributed by atoms with Gasteiger partial charge in [-0.2, -0.15) is 0 Å². The third-order valence-electron chi connectivity index (χ3n) is 3.69. The molecule has 0 aliphatic carbocycles. The zero-order valence-electron chi connectivity index (χ0n) is 11.5. The third-order valence-corrected chi connectivity index (χ3v) is 7.06. The Labute approximate surface area is 145 Å². The number of hydrogen-bond acceptors (Lipinski definition) is 0. The van der Waals surface area contributed by atoms with Crippen LogP contribution >= 0.6 is 11.6 Å². The van der Waals surface area contributed by atoms with E-state index in [0.717, 1.165) is 29.4 Å². The van der Waals surface area contributed by atoms with Gasteiger partial charge in [-0.3, -0.25) is 0 Å². The quantitative estimate of drug-likeness (QED) is 0.377. The monoisotopic (exact) mass is 457 g/mol. The fourth-order valence-electron chi connectivity index (χ4n) is 2.62. The van der Waals surface area contributed by atoms with E-state index in [1.807, 2.05) is 12.1 Å². The summed E-state index contributed by atoms with van der Waals surface area (Å²) in [6.07, 6.45) is 0. The van der Waals surface area contributed by atoms with Crippen LogP contribution in [-0.2, 0) is 27.5 Å². The Bertz CT molecular complexity index is 683. The van der Waals surface area contributed by atoms with Gasteiger partial charge in [0.2, 0.25) is 0 Å². The van der Waals surface area contributed by atoms with Gasteiger partial charge in [-0.25, -0.2) is 0 Å². The van der Waals surface area contributed by atoms with Crippen LogP contribution in [0.1, 0.15) is 16.7 Å². The Morgan fingerprint density at radius 2 is 1.05 bits per heavy atom. The van der Waals surface area contributed by atoms with Gasteiger partial charge in [-0.15, -0.1) is 0 Å². The fourth-order valence-corrected chi connectivity index (χ4v) is 5.16. The van der Waals surface area contributed by atoms with Gasteiger partial charge in [0.25, 0.3) is 0 Å². The first-order valence-corrected chi connectivity index (χ1v) is 9.01. The molecule has 0 aromatic heterocycles. The van der Waals surface area contributed by atoms with Crippen molar-refractivity contribution in [2.45, 2.75) is 3.17 Å². The van der Waals surface area contributed by atoms with E-state index in [-0.39, 0.29) is 3.17 Å². The molecule has 3 aromatic rings. The summed E-state index contributed by atoms with van der Waals surface area (Å²) in [4.78, 5) is 0. The van der Waals surface area contributed by atoms with Crippen molar-refractivity contribution in [3.05, 3.63) is 107 Å². The molecule has 21 heavy (non-hydrogen) atoms. The maximum absolute atomic E-state index is 6.53. The molecule has 0 aliphatic heterocycles. The summed E-state index contributed by atoms with van der Waals surface area (Å²) >= 11 is 7.48. The van der Waals surface area contributed by atoms with Gasteiger partial charge in [-0.1, -0.05) is 0 Å². The van der Waals surface area contributed by atoms with Crippen LogP contribution < -0.4 is 0 Å². The molecule has 0 amide bonds. The van der Waals surface area contributed by atoms with Gasteiger partial charge in [-0.05, 0) is 0 Å².